The highest BCUT2D eigenvalue weighted by Crippen LogP contribution is 2.17. The maximum atomic E-state index is 12.9. The van der Waals surface area contributed by atoms with E-state index < -0.39 is 0 Å². The number of hydrogen-bond acceptors (Lipinski definition) is 5. The molecule has 0 aliphatic carbocycles. The van der Waals surface area contributed by atoms with E-state index >= 15 is 0 Å². The van der Waals surface area contributed by atoms with Gasteiger partial charge in [0.05, 0.1) is 17.0 Å². The summed E-state index contributed by atoms with van der Waals surface area (Å²) in [6.07, 6.45) is 4.53. The molecule has 1 fully saturated rings. The average Bonchev–Trinajstić information content (AvgIpc) is 2.88. The van der Waals surface area contributed by atoms with Crippen LogP contribution in [0.2, 0.25) is 0 Å². The topological polar surface area (TPSA) is 69.6 Å². The van der Waals surface area contributed by atoms with Crippen LogP contribution in [-0.4, -0.2) is 71.9 Å². The second-order valence-electron chi connectivity index (χ2n) is 8.38. The Kier molecular flexibility index (Phi) is 6.98. The molecule has 1 aliphatic heterocycles. The van der Waals surface area contributed by atoms with Crippen molar-refractivity contribution in [2.45, 2.75) is 12.8 Å². The molecule has 1 aromatic carbocycles. The first-order valence-electron chi connectivity index (χ1n) is 11.2. The third-order valence-corrected chi connectivity index (χ3v) is 5.94. The Bertz CT molecular complexity index is 1070. The van der Waals surface area contributed by atoms with Crippen LogP contribution >= 0.6 is 0 Å². The Morgan fingerprint density at radius 2 is 1.55 bits per heavy atom. The van der Waals surface area contributed by atoms with Gasteiger partial charge in [0.2, 0.25) is 5.91 Å². The summed E-state index contributed by atoms with van der Waals surface area (Å²) in [7, 11) is 4.02. The molecule has 3 aromatic rings. The van der Waals surface area contributed by atoms with Gasteiger partial charge in [-0.15, -0.1) is 0 Å². The molecule has 0 radical (unpaired) electrons. The number of amides is 2. The maximum absolute atomic E-state index is 12.9. The van der Waals surface area contributed by atoms with Gasteiger partial charge in [0.15, 0.2) is 0 Å². The quantitative estimate of drug-likeness (QED) is 0.586. The molecule has 0 unspecified atom stereocenters. The van der Waals surface area contributed by atoms with Crippen molar-refractivity contribution in [2.75, 3.05) is 45.2 Å². The first-order chi connectivity index (χ1) is 16.0. The second-order valence-corrected chi connectivity index (χ2v) is 8.38. The lowest BCUT2D eigenvalue weighted by molar-refractivity contribution is -0.132. The van der Waals surface area contributed by atoms with Gasteiger partial charge in [-0.25, -0.2) is 0 Å². The van der Waals surface area contributed by atoms with Crippen molar-refractivity contribution in [3.8, 4) is 11.4 Å². The molecule has 0 bridgehead atoms. The molecule has 0 saturated carbocycles. The molecule has 7 nitrogen and oxygen atoms in total. The van der Waals surface area contributed by atoms with Crippen molar-refractivity contribution in [1.29, 1.82) is 0 Å². The molecular weight excluding hydrogens is 414 g/mol. The van der Waals surface area contributed by atoms with Crippen molar-refractivity contribution in [3.05, 3.63) is 78.1 Å². The summed E-state index contributed by atoms with van der Waals surface area (Å²) >= 11 is 0. The van der Waals surface area contributed by atoms with E-state index in [1.807, 2.05) is 43.3 Å². The Labute approximate surface area is 194 Å². The van der Waals surface area contributed by atoms with Crippen molar-refractivity contribution < 1.29 is 9.59 Å². The van der Waals surface area contributed by atoms with Crippen LogP contribution in [0.25, 0.3) is 11.4 Å². The summed E-state index contributed by atoms with van der Waals surface area (Å²) in [6.45, 7) is 2.18. The van der Waals surface area contributed by atoms with E-state index in [1.54, 1.807) is 23.4 Å². The molecular formula is C26H29N5O2. The second kappa shape index (κ2) is 10.3. The highest BCUT2D eigenvalue weighted by Gasteiger charge is 2.25. The molecule has 1 aliphatic rings. The third kappa shape index (κ3) is 5.55. The minimum absolute atomic E-state index is 0.0526. The molecule has 0 atom stereocenters. The van der Waals surface area contributed by atoms with E-state index in [4.69, 9.17) is 0 Å². The van der Waals surface area contributed by atoms with Crippen LogP contribution in [0.3, 0.4) is 0 Å². The molecule has 170 valence electrons. The van der Waals surface area contributed by atoms with E-state index in [9.17, 15) is 9.59 Å². The largest absolute Gasteiger partial charge is 0.378 e. The number of anilines is 1. The molecule has 2 amide bonds. The van der Waals surface area contributed by atoms with Crippen molar-refractivity contribution in [3.63, 3.8) is 0 Å². The summed E-state index contributed by atoms with van der Waals surface area (Å²) in [5, 5.41) is 0. The van der Waals surface area contributed by atoms with Gasteiger partial charge in [0.25, 0.3) is 5.91 Å². The van der Waals surface area contributed by atoms with Crippen LogP contribution in [0.15, 0.2) is 67.0 Å². The monoisotopic (exact) mass is 443 g/mol. The summed E-state index contributed by atoms with van der Waals surface area (Å²) in [5.74, 6) is 0.0864. The van der Waals surface area contributed by atoms with Crippen LogP contribution in [0.1, 0.15) is 22.3 Å². The molecule has 33 heavy (non-hydrogen) atoms. The van der Waals surface area contributed by atoms with E-state index in [0.717, 1.165) is 29.1 Å². The van der Waals surface area contributed by atoms with Gasteiger partial charge in [-0.1, -0.05) is 18.2 Å². The molecule has 7 heteroatoms. The van der Waals surface area contributed by atoms with Crippen molar-refractivity contribution >= 4 is 17.5 Å². The molecule has 0 N–H and O–H groups in total. The Morgan fingerprint density at radius 1 is 0.848 bits per heavy atom. The minimum atomic E-state index is -0.0526. The van der Waals surface area contributed by atoms with Crippen molar-refractivity contribution in [2.24, 2.45) is 0 Å². The lowest BCUT2D eigenvalue weighted by Crippen LogP contribution is -2.50. The first kappa shape index (κ1) is 22.5. The Hall–Kier alpha value is -3.74. The zero-order chi connectivity index (χ0) is 23.2. The normalized spacial score (nSPS) is 13.6. The van der Waals surface area contributed by atoms with Gasteiger partial charge < -0.3 is 14.7 Å². The SMILES string of the molecule is CN(C)c1ccc(CCC(=O)N2CCN(C(=O)c3ccc(-c4ccccn4)nc3)CC2)cc1. The number of aryl methyl sites for hydroxylation is 1. The minimum Gasteiger partial charge on any atom is -0.378 e. The number of aromatic nitrogens is 2. The highest BCUT2D eigenvalue weighted by atomic mass is 16.2. The lowest BCUT2D eigenvalue weighted by Gasteiger charge is -2.35. The highest BCUT2D eigenvalue weighted by molar-refractivity contribution is 5.94. The molecule has 4 rings (SSSR count). The van der Waals surface area contributed by atoms with Crippen LogP contribution < -0.4 is 4.90 Å². The Morgan fingerprint density at radius 3 is 2.15 bits per heavy atom. The van der Waals surface area contributed by atoms with Crippen LogP contribution in [0.5, 0.6) is 0 Å². The number of rotatable bonds is 6. The fourth-order valence-electron chi connectivity index (χ4n) is 3.90. The van der Waals surface area contributed by atoms with Gasteiger partial charge in [-0.3, -0.25) is 19.6 Å². The van der Waals surface area contributed by atoms with Crippen molar-refractivity contribution in [1.82, 2.24) is 19.8 Å². The zero-order valence-electron chi connectivity index (χ0n) is 19.1. The summed E-state index contributed by atoms with van der Waals surface area (Å²) < 4.78 is 0. The number of pyridine rings is 2. The fraction of sp³-hybridized carbons (Fsp3) is 0.308. The van der Waals surface area contributed by atoms with E-state index in [-0.39, 0.29) is 11.8 Å². The number of carbonyl (C=O) groups excluding carboxylic acids is 2. The van der Waals surface area contributed by atoms with Crippen LogP contribution in [-0.2, 0) is 11.2 Å². The lowest BCUT2D eigenvalue weighted by atomic mass is 10.1. The third-order valence-electron chi connectivity index (χ3n) is 5.94. The number of carbonyl (C=O) groups is 2. The van der Waals surface area contributed by atoms with E-state index in [1.165, 1.54) is 0 Å². The average molecular weight is 444 g/mol. The predicted molar refractivity (Wildman–Crippen MR) is 129 cm³/mol. The van der Waals surface area contributed by atoms with Gasteiger partial charge in [-0.05, 0) is 48.4 Å². The van der Waals surface area contributed by atoms with Gasteiger partial charge in [0.1, 0.15) is 0 Å². The Balaban J connectivity index is 1.26. The van der Waals surface area contributed by atoms with Crippen LogP contribution in [0.4, 0.5) is 5.69 Å². The summed E-state index contributed by atoms with van der Waals surface area (Å²) in [4.78, 5) is 39.9. The first-order valence-corrected chi connectivity index (χ1v) is 11.2. The predicted octanol–water partition coefficient (Wildman–Crippen LogP) is 3.13. The zero-order valence-corrected chi connectivity index (χ0v) is 19.1. The van der Waals surface area contributed by atoms with Gasteiger partial charge in [0, 0.05) is 64.8 Å². The number of nitrogens with zero attached hydrogens (tertiary/aromatic N) is 5. The summed E-state index contributed by atoms with van der Waals surface area (Å²) in [6, 6.07) is 17.6. The molecule has 0 spiro atoms. The van der Waals surface area contributed by atoms with Gasteiger partial charge >= 0.3 is 0 Å². The molecule has 3 heterocycles. The van der Waals surface area contributed by atoms with E-state index in [2.05, 4.69) is 39.1 Å². The summed E-state index contributed by atoms with van der Waals surface area (Å²) in [5.41, 5.74) is 4.36. The number of benzene rings is 1. The number of piperazine rings is 1. The molecule has 2 aromatic heterocycles. The molecule has 1 saturated heterocycles. The standard InChI is InChI=1S/C26H29N5O2/c1-29(2)22-10-6-20(7-11-22)8-13-25(32)30-15-17-31(18-16-30)26(33)21-9-12-24(28-19-21)23-5-3-4-14-27-23/h3-7,9-12,14,19H,8,13,15-18H2,1-2H3. The van der Waals surface area contributed by atoms with Gasteiger partial charge in [-0.2, -0.15) is 0 Å². The smallest absolute Gasteiger partial charge is 0.255 e. The number of hydrogen-bond donors (Lipinski definition) is 0. The maximum Gasteiger partial charge on any atom is 0.255 e. The fourth-order valence-corrected chi connectivity index (χ4v) is 3.90. The van der Waals surface area contributed by atoms with Crippen LogP contribution in [0, 0.1) is 0 Å². The van der Waals surface area contributed by atoms with E-state index in [0.29, 0.717) is 38.2 Å².